The van der Waals surface area contributed by atoms with Crippen molar-refractivity contribution in [1.82, 2.24) is 0 Å². The van der Waals surface area contributed by atoms with Gasteiger partial charge in [0.05, 0.1) is 16.6 Å². The predicted molar refractivity (Wildman–Crippen MR) is 78.1 cm³/mol. The largest absolute Gasteiger partial charge is 0.489 e. The van der Waals surface area contributed by atoms with E-state index in [9.17, 15) is 10.1 Å². The highest BCUT2D eigenvalue weighted by atomic mass is 16.6. The van der Waals surface area contributed by atoms with Crippen molar-refractivity contribution in [2.75, 3.05) is 12.4 Å². The summed E-state index contributed by atoms with van der Waals surface area (Å²) in [7, 11) is 1.63. The second-order valence-corrected chi connectivity index (χ2v) is 4.24. The summed E-state index contributed by atoms with van der Waals surface area (Å²) >= 11 is 0. The fraction of sp³-hybridized carbons (Fsp3) is 0.133. The van der Waals surface area contributed by atoms with Crippen LogP contribution in [-0.2, 0) is 6.61 Å². The number of nitriles is 1. The number of benzene rings is 2. The number of nitro groups is 1. The molecule has 6 nitrogen and oxygen atoms in total. The SMILES string of the molecule is CNc1c(COc2ccc(C#N)cc2)cccc1[N+](=O)[O-]. The maximum absolute atomic E-state index is 11.0. The lowest BCUT2D eigenvalue weighted by atomic mass is 10.1. The van der Waals surface area contributed by atoms with Crippen LogP contribution in [0.25, 0.3) is 0 Å². The molecule has 2 aromatic carbocycles. The molecule has 0 heterocycles. The molecule has 0 aromatic heterocycles. The van der Waals surface area contributed by atoms with Crippen LogP contribution in [0.1, 0.15) is 11.1 Å². The quantitative estimate of drug-likeness (QED) is 0.673. The average Bonchev–Trinajstić information content (AvgIpc) is 2.52. The summed E-state index contributed by atoms with van der Waals surface area (Å²) < 4.78 is 5.60. The fourth-order valence-electron chi connectivity index (χ4n) is 1.93. The van der Waals surface area contributed by atoms with Gasteiger partial charge in [-0.3, -0.25) is 10.1 Å². The summed E-state index contributed by atoms with van der Waals surface area (Å²) in [6.07, 6.45) is 0. The van der Waals surface area contributed by atoms with Crippen LogP contribution in [-0.4, -0.2) is 12.0 Å². The maximum atomic E-state index is 11.0. The van der Waals surface area contributed by atoms with Crippen molar-refractivity contribution in [3.05, 3.63) is 63.7 Å². The summed E-state index contributed by atoms with van der Waals surface area (Å²) in [6.45, 7) is 0.198. The number of rotatable bonds is 5. The number of hydrogen-bond donors (Lipinski definition) is 1. The van der Waals surface area contributed by atoms with E-state index >= 15 is 0 Å². The smallest absolute Gasteiger partial charge is 0.292 e. The van der Waals surface area contributed by atoms with Crippen LogP contribution in [0.4, 0.5) is 11.4 Å². The Labute approximate surface area is 121 Å². The molecule has 6 heteroatoms. The third-order valence-corrected chi connectivity index (χ3v) is 2.95. The maximum Gasteiger partial charge on any atom is 0.292 e. The van der Waals surface area contributed by atoms with E-state index in [4.69, 9.17) is 10.00 Å². The Balaban J connectivity index is 2.17. The van der Waals surface area contributed by atoms with E-state index < -0.39 is 4.92 Å². The lowest BCUT2D eigenvalue weighted by molar-refractivity contribution is -0.384. The van der Waals surface area contributed by atoms with Crippen LogP contribution >= 0.6 is 0 Å². The second-order valence-electron chi connectivity index (χ2n) is 4.24. The molecule has 1 N–H and O–H groups in total. The number of para-hydroxylation sites is 1. The minimum atomic E-state index is -0.433. The molecule has 0 aliphatic rings. The van der Waals surface area contributed by atoms with E-state index in [1.807, 2.05) is 6.07 Å². The summed E-state index contributed by atoms with van der Waals surface area (Å²) in [5.41, 5.74) is 1.69. The molecule has 0 radical (unpaired) electrons. The zero-order valence-electron chi connectivity index (χ0n) is 11.4. The molecule has 0 unspecified atom stereocenters. The van der Waals surface area contributed by atoms with Gasteiger partial charge in [-0.1, -0.05) is 12.1 Å². The molecule has 106 valence electrons. The monoisotopic (exact) mass is 283 g/mol. The zero-order valence-corrected chi connectivity index (χ0v) is 11.4. The summed E-state index contributed by atoms with van der Waals surface area (Å²) in [5.74, 6) is 0.600. The molecule has 21 heavy (non-hydrogen) atoms. The van der Waals surface area contributed by atoms with Gasteiger partial charge in [0.15, 0.2) is 0 Å². The fourth-order valence-corrected chi connectivity index (χ4v) is 1.93. The zero-order chi connectivity index (χ0) is 15.2. The Kier molecular flexibility index (Phi) is 4.36. The van der Waals surface area contributed by atoms with E-state index in [1.54, 1.807) is 43.4 Å². The van der Waals surface area contributed by atoms with Gasteiger partial charge in [0.2, 0.25) is 0 Å². The van der Waals surface area contributed by atoms with Crippen LogP contribution in [0.3, 0.4) is 0 Å². The van der Waals surface area contributed by atoms with Gasteiger partial charge in [0.1, 0.15) is 18.0 Å². The van der Waals surface area contributed by atoms with Crippen molar-refractivity contribution in [1.29, 1.82) is 5.26 Å². The van der Waals surface area contributed by atoms with Crippen molar-refractivity contribution in [2.24, 2.45) is 0 Å². The molecule has 0 spiro atoms. The summed E-state index contributed by atoms with van der Waals surface area (Å²) in [4.78, 5) is 10.5. The molecule has 2 aromatic rings. The van der Waals surface area contributed by atoms with Crippen LogP contribution in [0, 0.1) is 21.4 Å². The Hall–Kier alpha value is -3.07. The Bertz CT molecular complexity index is 690. The summed E-state index contributed by atoms with van der Waals surface area (Å²) in [6, 6.07) is 13.5. The van der Waals surface area contributed by atoms with E-state index in [-0.39, 0.29) is 12.3 Å². The van der Waals surface area contributed by atoms with Crippen molar-refractivity contribution in [2.45, 2.75) is 6.61 Å². The van der Waals surface area contributed by atoms with Gasteiger partial charge in [-0.05, 0) is 24.3 Å². The topological polar surface area (TPSA) is 88.2 Å². The van der Waals surface area contributed by atoms with Crippen LogP contribution in [0.2, 0.25) is 0 Å². The molecular formula is C15H13N3O3. The summed E-state index contributed by atoms with van der Waals surface area (Å²) in [5, 5.41) is 22.5. The van der Waals surface area contributed by atoms with E-state index in [0.29, 0.717) is 22.6 Å². The van der Waals surface area contributed by atoms with Crippen LogP contribution in [0.5, 0.6) is 5.75 Å². The third kappa shape index (κ3) is 3.28. The number of ether oxygens (including phenoxy) is 1. The first-order valence-corrected chi connectivity index (χ1v) is 6.22. The number of hydrogen-bond acceptors (Lipinski definition) is 5. The Morgan fingerprint density at radius 2 is 2.00 bits per heavy atom. The van der Waals surface area contributed by atoms with Crippen molar-refractivity contribution in [3.63, 3.8) is 0 Å². The Morgan fingerprint density at radius 1 is 1.29 bits per heavy atom. The minimum Gasteiger partial charge on any atom is -0.489 e. The first-order valence-electron chi connectivity index (χ1n) is 6.22. The molecule has 0 aliphatic heterocycles. The van der Waals surface area contributed by atoms with Gasteiger partial charge >= 0.3 is 0 Å². The van der Waals surface area contributed by atoms with Crippen molar-refractivity contribution >= 4 is 11.4 Å². The number of nitro benzene ring substituents is 1. The first kappa shape index (κ1) is 14.3. The molecule has 0 saturated heterocycles. The first-order chi connectivity index (χ1) is 10.2. The van der Waals surface area contributed by atoms with Gasteiger partial charge in [0.25, 0.3) is 5.69 Å². The molecular weight excluding hydrogens is 270 g/mol. The van der Waals surface area contributed by atoms with Gasteiger partial charge in [-0.15, -0.1) is 0 Å². The molecule has 2 rings (SSSR count). The van der Waals surface area contributed by atoms with E-state index in [1.165, 1.54) is 6.07 Å². The van der Waals surface area contributed by atoms with Gasteiger partial charge in [-0.25, -0.2) is 0 Å². The molecule has 0 amide bonds. The predicted octanol–water partition coefficient (Wildman–Crippen LogP) is 3.09. The standard InChI is InChI=1S/C15H13N3O3/c1-17-15-12(3-2-4-14(15)18(19)20)10-21-13-7-5-11(9-16)6-8-13/h2-8,17H,10H2,1H3. The van der Waals surface area contributed by atoms with Gasteiger partial charge < -0.3 is 10.1 Å². The van der Waals surface area contributed by atoms with E-state index in [0.717, 1.165) is 0 Å². The lowest BCUT2D eigenvalue weighted by Gasteiger charge is -2.11. The Morgan fingerprint density at radius 3 is 2.57 bits per heavy atom. The number of anilines is 1. The van der Waals surface area contributed by atoms with Gasteiger partial charge in [-0.2, -0.15) is 5.26 Å². The second kappa shape index (κ2) is 6.39. The minimum absolute atomic E-state index is 0.0124. The highest BCUT2D eigenvalue weighted by Gasteiger charge is 2.16. The highest BCUT2D eigenvalue weighted by molar-refractivity contribution is 5.66. The molecule has 0 aliphatic carbocycles. The molecule has 0 saturated carbocycles. The van der Waals surface area contributed by atoms with Crippen molar-refractivity contribution < 1.29 is 9.66 Å². The number of nitrogens with one attached hydrogen (secondary N) is 1. The third-order valence-electron chi connectivity index (χ3n) is 2.95. The highest BCUT2D eigenvalue weighted by Crippen LogP contribution is 2.28. The van der Waals surface area contributed by atoms with Crippen LogP contribution < -0.4 is 10.1 Å². The lowest BCUT2D eigenvalue weighted by Crippen LogP contribution is -2.04. The molecule has 0 atom stereocenters. The van der Waals surface area contributed by atoms with E-state index in [2.05, 4.69) is 5.32 Å². The van der Waals surface area contributed by atoms with Crippen molar-refractivity contribution in [3.8, 4) is 11.8 Å². The average molecular weight is 283 g/mol. The normalized spacial score (nSPS) is 9.71. The molecule has 0 bridgehead atoms. The van der Waals surface area contributed by atoms with Gasteiger partial charge in [0, 0.05) is 18.7 Å². The molecule has 0 fully saturated rings. The number of nitrogens with zero attached hydrogens (tertiary/aromatic N) is 2. The van der Waals surface area contributed by atoms with Crippen LogP contribution in [0.15, 0.2) is 42.5 Å².